The van der Waals surface area contributed by atoms with Crippen LogP contribution >= 0.6 is 11.6 Å². The van der Waals surface area contributed by atoms with E-state index < -0.39 is 5.82 Å². The van der Waals surface area contributed by atoms with Crippen LogP contribution in [0.15, 0.2) is 23.2 Å². The van der Waals surface area contributed by atoms with Crippen molar-refractivity contribution in [3.8, 4) is 0 Å². The second-order valence-corrected chi connectivity index (χ2v) is 3.13. The summed E-state index contributed by atoms with van der Waals surface area (Å²) >= 11 is 5.61. The Kier molecular flexibility index (Phi) is 4.33. The number of nitrogens with zero attached hydrogens (tertiary/aromatic N) is 1. The zero-order chi connectivity index (χ0) is 11.3. The fraction of sp³-hybridized carbons (Fsp3) is 0.222. The van der Waals surface area contributed by atoms with Gasteiger partial charge in [0.05, 0.1) is 5.02 Å². The molecule has 0 fully saturated rings. The number of nitrogens with two attached hydrogens (primary N) is 1. The Morgan fingerprint density at radius 3 is 2.87 bits per heavy atom. The lowest BCUT2D eigenvalue weighted by atomic mass is 10.3. The molecule has 0 amide bonds. The monoisotopic (exact) mass is 230 g/mol. The summed E-state index contributed by atoms with van der Waals surface area (Å²) in [5, 5.41) is 2.91. The Bertz CT molecular complexity index is 367. The van der Waals surface area contributed by atoms with E-state index in [1.807, 2.05) is 6.92 Å². The predicted molar refractivity (Wildman–Crippen MR) is 60.3 cm³/mol. The summed E-state index contributed by atoms with van der Waals surface area (Å²) in [6.45, 7) is 2.46. The number of nitrogens with one attached hydrogen (secondary N) is 2. The molecule has 4 N–H and O–H groups in total. The number of guanidine groups is 1. The van der Waals surface area contributed by atoms with E-state index in [1.165, 1.54) is 12.1 Å². The van der Waals surface area contributed by atoms with Crippen LogP contribution in [0.2, 0.25) is 5.02 Å². The molecule has 0 aromatic heterocycles. The third-order valence-electron chi connectivity index (χ3n) is 1.64. The number of hydrogen-bond donors (Lipinski definition) is 3. The predicted octanol–water partition coefficient (Wildman–Crippen LogP) is 1.73. The van der Waals surface area contributed by atoms with Crippen molar-refractivity contribution in [2.24, 2.45) is 10.8 Å². The third kappa shape index (κ3) is 3.38. The average Bonchev–Trinajstić information content (AvgIpc) is 2.23. The van der Waals surface area contributed by atoms with Crippen molar-refractivity contribution in [3.63, 3.8) is 0 Å². The molecule has 15 heavy (non-hydrogen) atoms. The minimum absolute atomic E-state index is 0.0490. The molecule has 0 aliphatic heterocycles. The van der Waals surface area contributed by atoms with Gasteiger partial charge in [0.25, 0.3) is 0 Å². The van der Waals surface area contributed by atoms with E-state index in [1.54, 1.807) is 6.07 Å². The normalized spacial score (nSPS) is 11.3. The van der Waals surface area contributed by atoms with Crippen LogP contribution < -0.4 is 16.6 Å². The van der Waals surface area contributed by atoms with Gasteiger partial charge < -0.3 is 5.32 Å². The van der Waals surface area contributed by atoms with Crippen LogP contribution in [0.5, 0.6) is 0 Å². The van der Waals surface area contributed by atoms with Crippen LogP contribution in [0, 0.1) is 5.82 Å². The lowest BCUT2D eigenvalue weighted by Crippen LogP contribution is -2.36. The first-order valence-electron chi connectivity index (χ1n) is 4.40. The van der Waals surface area contributed by atoms with Crippen molar-refractivity contribution in [2.75, 3.05) is 11.9 Å². The van der Waals surface area contributed by atoms with Crippen molar-refractivity contribution in [1.82, 2.24) is 5.43 Å². The number of aliphatic imine (C=N–C) groups is 1. The Balaban J connectivity index is 2.80. The van der Waals surface area contributed by atoms with Gasteiger partial charge in [-0.1, -0.05) is 11.6 Å². The first kappa shape index (κ1) is 11.7. The molecule has 0 saturated carbocycles. The van der Waals surface area contributed by atoms with Gasteiger partial charge in [0, 0.05) is 12.2 Å². The first-order chi connectivity index (χ1) is 7.17. The lowest BCUT2D eigenvalue weighted by molar-refractivity contribution is 0.628. The Morgan fingerprint density at radius 1 is 1.60 bits per heavy atom. The molecule has 0 radical (unpaired) electrons. The first-order valence-corrected chi connectivity index (χ1v) is 4.78. The van der Waals surface area contributed by atoms with Crippen LogP contribution in [0.25, 0.3) is 0 Å². The minimum Gasteiger partial charge on any atom is -0.325 e. The van der Waals surface area contributed by atoms with Crippen molar-refractivity contribution in [1.29, 1.82) is 0 Å². The molecule has 4 nitrogen and oxygen atoms in total. The summed E-state index contributed by atoms with van der Waals surface area (Å²) in [5.41, 5.74) is 3.00. The van der Waals surface area contributed by atoms with E-state index >= 15 is 0 Å². The standard InChI is InChI=1S/C9H12ClFN4/c1-2-13-9(15-12)14-6-3-4-8(11)7(10)5-6/h3-5H,2,12H2,1H3,(H2,13,14,15). The largest absolute Gasteiger partial charge is 0.325 e. The number of halogens is 2. The second-order valence-electron chi connectivity index (χ2n) is 2.72. The summed E-state index contributed by atoms with van der Waals surface area (Å²) in [5.74, 6) is 5.17. The highest BCUT2D eigenvalue weighted by atomic mass is 35.5. The van der Waals surface area contributed by atoms with Gasteiger partial charge >= 0.3 is 0 Å². The fourth-order valence-electron chi connectivity index (χ4n) is 0.990. The molecule has 0 aliphatic rings. The Labute approximate surface area is 92.3 Å². The number of hydrogen-bond acceptors (Lipinski definition) is 2. The number of hydrazine groups is 1. The quantitative estimate of drug-likeness (QED) is 0.314. The van der Waals surface area contributed by atoms with E-state index in [-0.39, 0.29) is 5.02 Å². The van der Waals surface area contributed by atoms with Gasteiger partial charge in [-0.3, -0.25) is 10.4 Å². The molecular formula is C9H12ClFN4. The molecule has 0 aliphatic carbocycles. The van der Waals surface area contributed by atoms with Crippen LogP contribution in [-0.2, 0) is 0 Å². The van der Waals surface area contributed by atoms with Gasteiger partial charge in [0.15, 0.2) is 0 Å². The zero-order valence-corrected chi connectivity index (χ0v) is 8.98. The number of rotatable bonds is 2. The highest BCUT2D eigenvalue weighted by Crippen LogP contribution is 2.18. The molecule has 0 unspecified atom stereocenters. The maximum absolute atomic E-state index is 12.8. The van der Waals surface area contributed by atoms with Gasteiger partial charge in [-0.15, -0.1) is 0 Å². The van der Waals surface area contributed by atoms with E-state index in [4.69, 9.17) is 17.4 Å². The lowest BCUT2D eigenvalue weighted by Gasteiger charge is -2.08. The summed E-state index contributed by atoms with van der Waals surface area (Å²) in [6.07, 6.45) is 0. The van der Waals surface area contributed by atoms with Gasteiger partial charge in [-0.05, 0) is 25.1 Å². The van der Waals surface area contributed by atoms with E-state index in [0.717, 1.165) is 0 Å². The third-order valence-corrected chi connectivity index (χ3v) is 1.92. The Morgan fingerprint density at radius 2 is 2.33 bits per heavy atom. The molecule has 0 saturated heterocycles. The smallest absolute Gasteiger partial charge is 0.210 e. The highest BCUT2D eigenvalue weighted by Gasteiger charge is 2.02. The van der Waals surface area contributed by atoms with Crippen molar-refractivity contribution in [2.45, 2.75) is 6.92 Å². The van der Waals surface area contributed by atoms with E-state index in [2.05, 4.69) is 15.7 Å². The molecule has 1 aromatic rings. The maximum atomic E-state index is 12.8. The molecule has 6 heteroatoms. The number of anilines is 1. The fourth-order valence-corrected chi connectivity index (χ4v) is 1.17. The summed E-state index contributed by atoms with van der Waals surface area (Å²) in [7, 11) is 0. The summed E-state index contributed by atoms with van der Waals surface area (Å²) in [6, 6.07) is 4.27. The Hall–Kier alpha value is -1.33. The molecule has 1 aromatic carbocycles. The molecular weight excluding hydrogens is 219 g/mol. The molecule has 1 rings (SSSR count). The molecule has 0 spiro atoms. The second kappa shape index (κ2) is 5.53. The van der Waals surface area contributed by atoms with Crippen LogP contribution in [-0.4, -0.2) is 12.5 Å². The topological polar surface area (TPSA) is 62.4 Å². The van der Waals surface area contributed by atoms with Gasteiger partial charge in [-0.2, -0.15) is 0 Å². The van der Waals surface area contributed by atoms with Crippen molar-refractivity contribution < 1.29 is 4.39 Å². The SMILES string of the molecule is CCN=C(NN)Nc1ccc(F)c(Cl)c1. The summed E-state index contributed by atoms with van der Waals surface area (Å²) < 4.78 is 12.8. The molecule has 82 valence electrons. The van der Waals surface area contributed by atoms with Crippen LogP contribution in [0.4, 0.5) is 10.1 Å². The van der Waals surface area contributed by atoms with E-state index in [9.17, 15) is 4.39 Å². The molecule has 0 bridgehead atoms. The van der Waals surface area contributed by atoms with Crippen LogP contribution in [0.1, 0.15) is 6.92 Å². The highest BCUT2D eigenvalue weighted by molar-refractivity contribution is 6.31. The van der Waals surface area contributed by atoms with Crippen molar-refractivity contribution in [3.05, 3.63) is 29.0 Å². The van der Waals surface area contributed by atoms with Crippen LogP contribution in [0.3, 0.4) is 0 Å². The maximum Gasteiger partial charge on any atom is 0.210 e. The zero-order valence-electron chi connectivity index (χ0n) is 8.22. The average molecular weight is 231 g/mol. The van der Waals surface area contributed by atoms with Gasteiger partial charge in [-0.25, -0.2) is 10.2 Å². The van der Waals surface area contributed by atoms with E-state index in [0.29, 0.717) is 18.2 Å². The van der Waals surface area contributed by atoms with Gasteiger partial charge in [0.1, 0.15) is 5.82 Å². The molecule has 0 atom stereocenters. The van der Waals surface area contributed by atoms with Gasteiger partial charge in [0.2, 0.25) is 5.96 Å². The summed E-state index contributed by atoms with van der Waals surface area (Å²) in [4.78, 5) is 4.02. The molecule has 0 heterocycles. The minimum atomic E-state index is -0.461. The van der Waals surface area contributed by atoms with Crippen molar-refractivity contribution >= 4 is 23.2 Å². The number of benzene rings is 1.